The van der Waals surface area contributed by atoms with Gasteiger partial charge in [0.05, 0.1) is 17.8 Å². The second-order valence-electron chi connectivity index (χ2n) is 7.68. The number of nitrogens with one attached hydrogen (secondary N) is 1. The quantitative estimate of drug-likeness (QED) is 0.731. The minimum absolute atomic E-state index is 0.00129. The summed E-state index contributed by atoms with van der Waals surface area (Å²) in [6.07, 6.45) is 6.28. The van der Waals surface area contributed by atoms with Crippen molar-refractivity contribution in [3.8, 4) is 0 Å². The maximum absolute atomic E-state index is 12.6. The highest BCUT2D eigenvalue weighted by molar-refractivity contribution is 8.01. The normalized spacial score (nSPS) is 23.3. The van der Waals surface area contributed by atoms with Crippen LogP contribution in [0.5, 0.6) is 0 Å². The van der Waals surface area contributed by atoms with Crippen molar-refractivity contribution < 1.29 is 14.3 Å². The van der Waals surface area contributed by atoms with Crippen LogP contribution in [0.15, 0.2) is 47.5 Å². The summed E-state index contributed by atoms with van der Waals surface area (Å²) in [5.41, 5.74) is 2.41. The Balaban J connectivity index is 1.30. The van der Waals surface area contributed by atoms with Crippen LogP contribution in [0.2, 0.25) is 0 Å². The maximum Gasteiger partial charge on any atom is 0.308 e. The topological polar surface area (TPSA) is 68.3 Å². The predicted molar refractivity (Wildman–Crippen MR) is 114 cm³/mol. The lowest BCUT2D eigenvalue weighted by Crippen LogP contribution is -2.25. The smallest absolute Gasteiger partial charge is 0.308 e. The van der Waals surface area contributed by atoms with Crippen molar-refractivity contribution in [3.63, 3.8) is 0 Å². The Kier molecular flexibility index (Phi) is 6.19. The summed E-state index contributed by atoms with van der Waals surface area (Å²) in [7, 11) is 0. The van der Waals surface area contributed by atoms with Crippen molar-refractivity contribution in [1.29, 1.82) is 0 Å². The predicted octanol–water partition coefficient (Wildman–Crippen LogP) is 4.57. The zero-order valence-electron chi connectivity index (χ0n) is 16.6. The molecule has 2 heterocycles. The van der Waals surface area contributed by atoms with Crippen LogP contribution in [0.25, 0.3) is 0 Å². The first-order valence-corrected chi connectivity index (χ1v) is 11.2. The van der Waals surface area contributed by atoms with Crippen molar-refractivity contribution in [1.82, 2.24) is 4.98 Å². The minimum Gasteiger partial charge on any atom is -0.466 e. The Hall–Kier alpha value is -2.34. The molecule has 1 saturated carbocycles. The van der Waals surface area contributed by atoms with E-state index in [0.29, 0.717) is 18.3 Å². The molecule has 152 valence electrons. The van der Waals surface area contributed by atoms with Gasteiger partial charge in [0.15, 0.2) is 0 Å². The molecule has 0 spiro atoms. The molecule has 0 bridgehead atoms. The third-order valence-electron chi connectivity index (χ3n) is 5.80. The number of benzene rings is 1. The number of aromatic nitrogens is 1. The summed E-state index contributed by atoms with van der Waals surface area (Å²) in [6.45, 7) is 2.29. The van der Waals surface area contributed by atoms with Gasteiger partial charge in [0, 0.05) is 11.1 Å². The number of nitrogens with zero attached hydrogens (tertiary/aromatic N) is 1. The summed E-state index contributed by atoms with van der Waals surface area (Å²) in [4.78, 5) is 30.2. The second kappa shape index (κ2) is 8.99. The highest BCUT2D eigenvalue weighted by atomic mass is 32.2. The van der Waals surface area contributed by atoms with E-state index in [0.717, 1.165) is 32.1 Å². The van der Waals surface area contributed by atoms with Crippen molar-refractivity contribution in [3.05, 3.63) is 53.7 Å². The molecule has 1 atom stereocenters. The van der Waals surface area contributed by atoms with Gasteiger partial charge in [0.25, 0.3) is 0 Å². The van der Waals surface area contributed by atoms with Crippen molar-refractivity contribution >= 4 is 29.5 Å². The monoisotopic (exact) mass is 410 g/mol. The Morgan fingerprint density at radius 3 is 2.62 bits per heavy atom. The average Bonchev–Trinajstić information content (AvgIpc) is 3.19. The van der Waals surface area contributed by atoms with Gasteiger partial charge in [-0.3, -0.25) is 9.59 Å². The Morgan fingerprint density at radius 1 is 1.14 bits per heavy atom. The van der Waals surface area contributed by atoms with Gasteiger partial charge >= 0.3 is 5.97 Å². The molecule has 2 aliphatic rings. The van der Waals surface area contributed by atoms with Crippen LogP contribution in [-0.2, 0) is 20.7 Å². The van der Waals surface area contributed by atoms with E-state index >= 15 is 0 Å². The van der Waals surface area contributed by atoms with Crippen molar-refractivity contribution in [2.24, 2.45) is 5.92 Å². The first-order chi connectivity index (χ1) is 14.1. The number of ether oxygens (including phenoxy) is 1. The summed E-state index contributed by atoms with van der Waals surface area (Å²) in [6, 6.07) is 12.1. The molecule has 1 N–H and O–H groups in total. The largest absolute Gasteiger partial charge is 0.466 e. The van der Waals surface area contributed by atoms with Gasteiger partial charge in [-0.1, -0.05) is 24.3 Å². The Labute approximate surface area is 175 Å². The zero-order valence-corrected chi connectivity index (χ0v) is 17.4. The first kappa shape index (κ1) is 20.0. The molecular weight excluding hydrogens is 384 g/mol. The van der Waals surface area contributed by atoms with Crippen LogP contribution in [0.1, 0.15) is 49.7 Å². The van der Waals surface area contributed by atoms with Crippen LogP contribution in [0, 0.1) is 5.92 Å². The van der Waals surface area contributed by atoms with E-state index in [1.807, 2.05) is 31.3 Å². The molecule has 1 unspecified atom stereocenters. The van der Waals surface area contributed by atoms with E-state index in [1.165, 1.54) is 16.0 Å². The lowest BCUT2D eigenvalue weighted by Gasteiger charge is -2.27. The van der Waals surface area contributed by atoms with Gasteiger partial charge in [-0.05, 0) is 68.2 Å². The molecule has 5 nitrogen and oxygen atoms in total. The molecule has 2 aromatic rings. The van der Waals surface area contributed by atoms with Gasteiger partial charge in [-0.2, -0.15) is 0 Å². The molecule has 1 aromatic carbocycles. The highest BCUT2D eigenvalue weighted by Gasteiger charge is 2.29. The summed E-state index contributed by atoms with van der Waals surface area (Å²) < 4.78 is 5.14. The van der Waals surface area contributed by atoms with Gasteiger partial charge < -0.3 is 10.1 Å². The highest BCUT2D eigenvalue weighted by Crippen LogP contribution is 2.38. The molecular formula is C23H26N2O3S. The van der Waals surface area contributed by atoms with Gasteiger partial charge in [0.1, 0.15) is 5.82 Å². The first-order valence-electron chi connectivity index (χ1n) is 10.3. The molecule has 0 radical (unpaired) electrons. The number of hydrogen-bond donors (Lipinski definition) is 1. The summed E-state index contributed by atoms with van der Waals surface area (Å²) in [5, 5.41) is 2.85. The van der Waals surface area contributed by atoms with E-state index in [1.54, 1.807) is 11.8 Å². The molecule has 4 rings (SSSR count). The van der Waals surface area contributed by atoms with Gasteiger partial charge in [0.2, 0.25) is 5.91 Å². The van der Waals surface area contributed by atoms with Crippen LogP contribution in [0.3, 0.4) is 0 Å². The fourth-order valence-corrected chi connectivity index (χ4v) is 5.37. The molecule has 1 aliphatic carbocycles. The number of anilines is 1. The van der Waals surface area contributed by atoms with Crippen molar-refractivity contribution in [2.45, 2.75) is 55.1 Å². The number of fused-ring (bicyclic) bond motifs is 1. The number of hydrogen-bond acceptors (Lipinski definition) is 5. The van der Waals surface area contributed by atoms with E-state index < -0.39 is 0 Å². The maximum atomic E-state index is 12.6. The van der Waals surface area contributed by atoms with Gasteiger partial charge in [-0.15, -0.1) is 11.8 Å². The number of thioether (sulfide) groups is 1. The average molecular weight is 411 g/mol. The number of rotatable bonds is 5. The summed E-state index contributed by atoms with van der Waals surface area (Å²) in [5.74, 6) is 0.981. The second-order valence-corrected chi connectivity index (χ2v) is 8.93. The summed E-state index contributed by atoms with van der Waals surface area (Å²) >= 11 is 1.62. The molecule has 1 fully saturated rings. The number of carbonyl (C=O) groups excluding carboxylic acids is 2. The number of carbonyl (C=O) groups is 2. The lowest BCUT2D eigenvalue weighted by atomic mass is 9.79. The van der Waals surface area contributed by atoms with E-state index in [-0.39, 0.29) is 23.0 Å². The molecule has 1 aromatic heterocycles. The minimum atomic E-state index is -0.105. The molecule has 0 saturated heterocycles. The third-order valence-corrected chi connectivity index (χ3v) is 7.11. The molecule has 6 heteroatoms. The zero-order chi connectivity index (χ0) is 20.2. The molecule has 1 aliphatic heterocycles. The molecule has 29 heavy (non-hydrogen) atoms. The van der Waals surface area contributed by atoms with E-state index in [9.17, 15) is 9.59 Å². The van der Waals surface area contributed by atoms with Crippen LogP contribution in [-0.4, -0.2) is 28.7 Å². The SMILES string of the molecule is CCOC(=O)C1CCC(c2ccc(NC(=O)C3Cc4ccccc4S3)nc2)CC1. The van der Waals surface area contributed by atoms with Crippen LogP contribution < -0.4 is 5.32 Å². The Bertz CT molecular complexity index is 851. The Morgan fingerprint density at radius 2 is 1.93 bits per heavy atom. The fraction of sp³-hybridized carbons (Fsp3) is 0.435. The van der Waals surface area contributed by atoms with Crippen LogP contribution in [0.4, 0.5) is 5.82 Å². The van der Waals surface area contributed by atoms with E-state index in [4.69, 9.17) is 4.74 Å². The van der Waals surface area contributed by atoms with Crippen molar-refractivity contribution in [2.75, 3.05) is 11.9 Å². The lowest BCUT2D eigenvalue weighted by molar-refractivity contribution is -0.149. The standard InChI is InChI=1S/C23H26N2O3S/c1-2-28-23(27)16-9-7-15(8-10-16)18-11-12-21(24-14-18)25-22(26)20-13-17-5-3-4-6-19(17)29-20/h3-6,11-12,14-16,20H,2,7-10,13H2,1H3,(H,24,25,26). The number of pyridine rings is 1. The number of esters is 1. The van der Waals surface area contributed by atoms with Gasteiger partial charge in [-0.25, -0.2) is 4.98 Å². The molecule has 1 amide bonds. The number of amides is 1. The fourth-order valence-electron chi connectivity index (χ4n) is 4.18. The van der Waals surface area contributed by atoms with E-state index in [2.05, 4.69) is 28.5 Å². The third kappa shape index (κ3) is 4.64. The van der Waals surface area contributed by atoms with Crippen LogP contribution >= 0.6 is 11.8 Å².